The van der Waals surface area contributed by atoms with E-state index in [-0.39, 0.29) is 24.3 Å². The van der Waals surface area contributed by atoms with E-state index in [1.165, 1.54) is 18.9 Å². The first-order valence-electron chi connectivity index (χ1n) is 12.4. The van der Waals surface area contributed by atoms with Crippen LogP contribution in [0.1, 0.15) is 52.1 Å². The Bertz CT molecular complexity index is 1110. The summed E-state index contributed by atoms with van der Waals surface area (Å²) in [6.07, 6.45) is 1.38. The van der Waals surface area contributed by atoms with Crippen LogP contribution in [0, 0.1) is 19.8 Å². The van der Waals surface area contributed by atoms with Crippen molar-refractivity contribution in [2.75, 3.05) is 52.3 Å². The zero-order valence-electron chi connectivity index (χ0n) is 21.4. The number of phenols is 1. The standard InChI is InChI=1S/C25H34N4O6S2/c1-15-21(32-3)10-20(30)18-13-37-14-19(24-26-16(2)28-35-24)27-22(36)5-4-17(12-34-25(31)23(15)18)11-29-6-8-33-9-7-29/h10,17,19,30H,4-9,11-14H2,1-3H3,(H,27,36)/t17-,19-/m0/s1. The lowest BCUT2D eigenvalue weighted by molar-refractivity contribution is 0.0162. The van der Waals surface area contributed by atoms with Gasteiger partial charge in [0.2, 0.25) is 5.89 Å². The molecule has 3 heterocycles. The van der Waals surface area contributed by atoms with Crippen molar-refractivity contribution in [3.63, 3.8) is 0 Å². The van der Waals surface area contributed by atoms with Crippen molar-refractivity contribution in [2.45, 2.75) is 38.5 Å². The zero-order chi connectivity index (χ0) is 26.4. The van der Waals surface area contributed by atoms with Crippen LogP contribution in [0.2, 0.25) is 0 Å². The van der Waals surface area contributed by atoms with Crippen LogP contribution < -0.4 is 10.1 Å². The highest BCUT2D eigenvalue weighted by Crippen LogP contribution is 2.36. The van der Waals surface area contributed by atoms with E-state index in [9.17, 15) is 9.90 Å². The maximum atomic E-state index is 13.4. The molecule has 2 aromatic rings. The monoisotopic (exact) mass is 550 g/mol. The Balaban J connectivity index is 1.63. The number of methoxy groups -OCH3 is 1. The van der Waals surface area contributed by atoms with Crippen molar-refractivity contribution in [2.24, 2.45) is 5.92 Å². The molecule has 0 spiro atoms. The largest absolute Gasteiger partial charge is 0.507 e. The van der Waals surface area contributed by atoms with Gasteiger partial charge in [0.15, 0.2) is 5.82 Å². The number of rotatable bonds is 4. The molecule has 1 aromatic heterocycles. The third kappa shape index (κ3) is 7.13. The molecule has 0 radical (unpaired) electrons. The minimum Gasteiger partial charge on any atom is -0.507 e. The number of hydrogen-bond acceptors (Lipinski definition) is 11. The third-order valence-electron chi connectivity index (χ3n) is 6.60. The highest BCUT2D eigenvalue weighted by atomic mass is 32.2. The lowest BCUT2D eigenvalue weighted by atomic mass is 10.00. The van der Waals surface area contributed by atoms with Crippen LogP contribution in [0.25, 0.3) is 0 Å². The lowest BCUT2D eigenvalue weighted by Gasteiger charge is -2.30. The second-order valence-electron chi connectivity index (χ2n) is 9.31. The number of morpholine rings is 1. The van der Waals surface area contributed by atoms with Crippen molar-refractivity contribution < 1.29 is 28.6 Å². The molecular formula is C25H34N4O6S2. The van der Waals surface area contributed by atoms with Gasteiger partial charge in [-0.05, 0) is 26.7 Å². The molecule has 202 valence electrons. The molecule has 2 N–H and O–H groups in total. The van der Waals surface area contributed by atoms with Crippen molar-refractivity contribution in [1.82, 2.24) is 20.4 Å². The number of esters is 1. The Morgan fingerprint density at radius 2 is 2.11 bits per heavy atom. The number of aromatic hydroxyl groups is 1. The number of nitrogens with zero attached hydrogens (tertiary/aromatic N) is 3. The lowest BCUT2D eigenvalue weighted by Crippen LogP contribution is -2.40. The second-order valence-corrected chi connectivity index (χ2v) is 10.8. The molecule has 2 aliphatic rings. The number of hydrogen-bond donors (Lipinski definition) is 2. The summed E-state index contributed by atoms with van der Waals surface area (Å²) in [7, 11) is 1.52. The summed E-state index contributed by atoms with van der Waals surface area (Å²) in [4.78, 5) is 20.8. The molecule has 1 saturated heterocycles. The van der Waals surface area contributed by atoms with Gasteiger partial charge in [-0.2, -0.15) is 16.7 Å². The summed E-state index contributed by atoms with van der Waals surface area (Å²) in [5.41, 5.74) is 1.50. The number of fused-ring (bicyclic) bond motifs is 1. The van der Waals surface area contributed by atoms with Crippen LogP contribution in [0.15, 0.2) is 10.6 Å². The molecule has 0 unspecified atom stereocenters. The summed E-state index contributed by atoms with van der Waals surface area (Å²) < 4.78 is 22.2. The van der Waals surface area contributed by atoms with E-state index >= 15 is 0 Å². The molecule has 1 fully saturated rings. The Morgan fingerprint density at radius 1 is 1.32 bits per heavy atom. The molecular weight excluding hydrogens is 516 g/mol. The number of phenolic OH excluding ortho intramolecular Hbond substituents is 1. The average molecular weight is 551 g/mol. The average Bonchev–Trinajstić information content (AvgIpc) is 3.32. The molecule has 1 aromatic carbocycles. The van der Waals surface area contributed by atoms with Gasteiger partial charge >= 0.3 is 5.97 Å². The number of benzene rings is 1. The van der Waals surface area contributed by atoms with Crippen LogP contribution in [-0.2, 0) is 15.2 Å². The highest BCUT2D eigenvalue weighted by Gasteiger charge is 2.27. The summed E-state index contributed by atoms with van der Waals surface area (Å²) in [5, 5.41) is 18.1. The highest BCUT2D eigenvalue weighted by molar-refractivity contribution is 7.98. The molecule has 0 saturated carbocycles. The normalized spacial score (nSPS) is 22.5. The minimum atomic E-state index is -0.462. The minimum absolute atomic E-state index is 0.00692. The van der Waals surface area contributed by atoms with E-state index in [1.807, 2.05) is 0 Å². The fourth-order valence-electron chi connectivity index (χ4n) is 4.58. The first kappa shape index (κ1) is 27.6. The summed E-state index contributed by atoms with van der Waals surface area (Å²) in [6.45, 7) is 7.68. The van der Waals surface area contributed by atoms with Gasteiger partial charge in [-0.15, -0.1) is 0 Å². The number of thioether (sulfide) groups is 1. The van der Waals surface area contributed by atoms with Gasteiger partial charge in [0.25, 0.3) is 0 Å². The molecule has 2 aliphatic heterocycles. The van der Waals surface area contributed by atoms with E-state index < -0.39 is 5.97 Å². The maximum Gasteiger partial charge on any atom is 0.338 e. The Kier molecular flexibility index (Phi) is 9.63. The smallest absolute Gasteiger partial charge is 0.338 e. The number of aromatic nitrogens is 2. The van der Waals surface area contributed by atoms with Gasteiger partial charge in [-0.1, -0.05) is 17.4 Å². The summed E-state index contributed by atoms with van der Waals surface area (Å²) >= 11 is 7.20. The zero-order valence-corrected chi connectivity index (χ0v) is 23.1. The number of nitrogens with one attached hydrogen (secondary N) is 1. The van der Waals surface area contributed by atoms with Crippen LogP contribution in [0.3, 0.4) is 0 Å². The molecule has 2 atom stereocenters. The topological polar surface area (TPSA) is 119 Å². The summed E-state index contributed by atoms with van der Waals surface area (Å²) in [6, 6.07) is 1.25. The first-order chi connectivity index (χ1) is 17.9. The van der Waals surface area contributed by atoms with E-state index in [0.29, 0.717) is 70.3 Å². The van der Waals surface area contributed by atoms with Crippen LogP contribution in [-0.4, -0.2) is 83.4 Å². The van der Waals surface area contributed by atoms with Crippen molar-refractivity contribution in [1.29, 1.82) is 0 Å². The summed E-state index contributed by atoms with van der Waals surface area (Å²) in [5.74, 6) is 1.96. The predicted octanol–water partition coefficient (Wildman–Crippen LogP) is 3.19. The van der Waals surface area contributed by atoms with Crippen molar-refractivity contribution in [3.05, 3.63) is 34.5 Å². The number of ether oxygens (including phenoxy) is 3. The molecule has 0 bridgehead atoms. The van der Waals surface area contributed by atoms with E-state index in [0.717, 1.165) is 26.1 Å². The molecule has 12 heteroatoms. The van der Waals surface area contributed by atoms with E-state index in [4.69, 9.17) is 31.0 Å². The third-order valence-corrected chi connectivity index (χ3v) is 7.99. The Hall–Kier alpha value is -2.41. The molecule has 10 nitrogen and oxygen atoms in total. The number of cyclic esters (lactones) is 1. The van der Waals surface area contributed by atoms with Crippen LogP contribution in [0.4, 0.5) is 0 Å². The van der Waals surface area contributed by atoms with Crippen molar-refractivity contribution >= 4 is 34.9 Å². The van der Waals surface area contributed by atoms with Gasteiger partial charge < -0.3 is 29.2 Å². The number of thiocarbonyl (C=S) groups is 1. The molecule has 4 rings (SSSR count). The van der Waals surface area contributed by atoms with Gasteiger partial charge in [0, 0.05) is 54.3 Å². The quantitative estimate of drug-likeness (QED) is 0.430. The predicted molar refractivity (Wildman–Crippen MR) is 143 cm³/mol. The fraction of sp³-hybridized carbons (Fsp3) is 0.600. The fourth-order valence-corrected chi connectivity index (χ4v) is 5.92. The Labute approximate surface area is 226 Å². The van der Waals surface area contributed by atoms with E-state index in [2.05, 4.69) is 20.4 Å². The van der Waals surface area contributed by atoms with Crippen molar-refractivity contribution in [3.8, 4) is 11.5 Å². The number of aryl methyl sites for hydroxylation is 1. The molecule has 0 aliphatic carbocycles. The number of carbonyl (C=O) groups is 1. The van der Waals surface area contributed by atoms with Gasteiger partial charge in [0.1, 0.15) is 17.5 Å². The Morgan fingerprint density at radius 3 is 2.81 bits per heavy atom. The van der Waals surface area contributed by atoms with Crippen LogP contribution >= 0.6 is 24.0 Å². The molecule has 37 heavy (non-hydrogen) atoms. The van der Waals surface area contributed by atoms with Gasteiger partial charge in [-0.25, -0.2) is 4.79 Å². The maximum absolute atomic E-state index is 13.4. The van der Waals surface area contributed by atoms with Gasteiger partial charge in [0.05, 0.1) is 37.5 Å². The van der Waals surface area contributed by atoms with Crippen LogP contribution in [0.5, 0.6) is 11.5 Å². The molecule has 0 amide bonds. The number of carbonyl (C=O) groups excluding carboxylic acids is 1. The second kappa shape index (κ2) is 12.9. The first-order valence-corrected chi connectivity index (χ1v) is 14.0. The van der Waals surface area contributed by atoms with E-state index in [1.54, 1.807) is 19.9 Å². The van der Waals surface area contributed by atoms with Gasteiger partial charge in [-0.3, -0.25) is 4.90 Å². The SMILES string of the molecule is COc1cc(O)c2c(c1C)C(=O)OC[C@H](CN1CCOCC1)CCC(=S)N[C@H](c1nc(C)no1)CSC2.